The van der Waals surface area contributed by atoms with Crippen molar-refractivity contribution in [2.75, 3.05) is 0 Å². The zero-order valence-electron chi connectivity index (χ0n) is 9.51. The summed E-state index contributed by atoms with van der Waals surface area (Å²) >= 11 is 11.1. The van der Waals surface area contributed by atoms with Crippen molar-refractivity contribution in [3.8, 4) is 0 Å². The van der Waals surface area contributed by atoms with Crippen LogP contribution < -0.4 is 0 Å². The Balaban J connectivity index is 2.15. The van der Waals surface area contributed by atoms with E-state index in [0.29, 0.717) is 6.42 Å². The molecule has 0 radical (unpaired) electrons. The summed E-state index contributed by atoms with van der Waals surface area (Å²) in [5, 5.41) is 0. The van der Waals surface area contributed by atoms with E-state index in [4.69, 9.17) is 11.6 Å². The monoisotopic (exact) mass is 350 g/mol. The van der Waals surface area contributed by atoms with Crippen LogP contribution in [0.25, 0.3) is 0 Å². The van der Waals surface area contributed by atoms with Crippen LogP contribution in [0.1, 0.15) is 20.8 Å². The van der Waals surface area contributed by atoms with E-state index in [1.165, 1.54) is 17.4 Å². The molecular weight excluding hydrogens is 342 g/mol. The van der Waals surface area contributed by atoms with E-state index in [1.807, 2.05) is 13.0 Å². The van der Waals surface area contributed by atoms with Crippen LogP contribution in [0.3, 0.4) is 0 Å². The third-order valence-electron chi connectivity index (χ3n) is 2.58. The van der Waals surface area contributed by atoms with Gasteiger partial charge < -0.3 is 0 Å². The lowest BCUT2D eigenvalue weighted by molar-refractivity contribution is 0.507. The molecule has 0 N–H and O–H groups in total. The summed E-state index contributed by atoms with van der Waals surface area (Å²) in [6.07, 6.45) is 0.591. The Labute approximate surface area is 122 Å². The second-order valence-corrected chi connectivity index (χ2v) is 6.82. The Morgan fingerprint density at radius 2 is 2.00 bits per heavy atom. The van der Waals surface area contributed by atoms with E-state index < -0.39 is 11.6 Å². The van der Waals surface area contributed by atoms with Crippen molar-refractivity contribution in [2.45, 2.75) is 18.2 Å². The first-order valence-electron chi connectivity index (χ1n) is 5.31. The summed E-state index contributed by atoms with van der Waals surface area (Å²) in [5.74, 6) is -1.63. The molecule has 1 unspecified atom stereocenters. The SMILES string of the molecule is Cc1cc(C(Br)Cc2ccc(F)c(F)c2)sc1Cl. The molecule has 0 aliphatic rings. The zero-order chi connectivity index (χ0) is 13.3. The predicted octanol–water partition coefficient (Wildman–Crippen LogP) is 5.67. The molecule has 0 amide bonds. The second-order valence-electron chi connectivity index (χ2n) is 4.03. The molecule has 5 heteroatoms. The standard InChI is InChI=1S/C13H10BrClF2S/c1-7-4-12(18-13(7)15)9(14)5-8-2-3-10(16)11(17)6-8/h2-4,6,9H,5H2,1H3. The van der Waals surface area contributed by atoms with Gasteiger partial charge in [0.05, 0.1) is 9.16 Å². The molecule has 2 rings (SSSR count). The Kier molecular flexibility index (Phi) is 4.41. The van der Waals surface area contributed by atoms with Crippen LogP contribution in [0.2, 0.25) is 4.34 Å². The Morgan fingerprint density at radius 1 is 1.28 bits per heavy atom. The van der Waals surface area contributed by atoms with Gasteiger partial charge in [0.25, 0.3) is 0 Å². The summed E-state index contributed by atoms with van der Waals surface area (Å²) in [6, 6.07) is 5.98. The second kappa shape index (κ2) is 5.68. The minimum atomic E-state index is -0.820. The molecule has 0 aliphatic heterocycles. The average molecular weight is 352 g/mol. The van der Waals surface area contributed by atoms with Crippen molar-refractivity contribution < 1.29 is 8.78 Å². The molecular formula is C13H10BrClF2S. The first-order valence-corrected chi connectivity index (χ1v) is 7.42. The average Bonchev–Trinajstić information content (AvgIpc) is 2.65. The number of hydrogen-bond acceptors (Lipinski definition) is 1. The fourth-order valence-corrected chi connectivity index (χ4v) is 3.59. The van der Waals surface area contributed by atoms with Crippen molar-refractivity contribution in [3.05, 3.63) is 56.2 Å². The van der Waals surface area contributed by atoms with Gasteiger partial charge in [-0.15, -0.1) is 11.3 Å². The van der Waals surface area contributed by atoms with Crippen molar-refractivity contribution >= 4 is 38.9 Å². The summed E-state index contributed by atoms with van der Waals surface area (Å²) in [6.45, 7) is 1.94. The number of alkyl halides is 1. The first-order chi connectivity index (χ1) is 8.47. The highest BCUT2D eigenvalue weighted by Crippen LogP contribution is 2.36. The molecule has 1 heterocycles. The van der Waals surface area contributed by atoms with Crippen LogP contribution in [0.15, 0.2) is 24.3 Å². The minimum absolute atomic E-state index is 0.0542. The van der Waals surface area contributed by atoms with E-state index in [1.54, 1.807) is 6.07 Å². The molecule has 0 aliphatic carbocycles. The Morgan fingerprint density at radius 3 is 2.56 bits per heavy atom. The molecule has 2 aromatic rings. The van der Waals surface area contributed by atoms with Crippen LogP contribution in [0, 0.1) is 18.6 Å². The van der Waals surface area contributed by atoms with Gasteiger partial charge in [-0.3, -0.25) is 0 Å². The maximum Gasteiger partial charge on any atom is 0.159 e. The van der Waals surface area contributed by atoms with Crippen molar-refractivity contribution in [1.82, 2.24) is 0 Å². The van der Waals surface area contributed by atoms with Crippen LogP contribution in [0.5, 0.6) is 0 Å². The van der Waals surface area contributed by atoms with Gasteiger partial charge in [0.15, 0.2) is 11.6 Å². The van der Waals surface area contributed by atoms with Gasteiger partial charge in [0.2, 0.25) is 0 Å². The lowest BCUT2D eigenvalue weighted by Crippen LogP contribution is -1.95. The molecule has 18 heavy (non-hydrogen) atoms. The molecule has 0 saturated heterocycles. The molecule has 1 aromatic carbocycles. The van der Waals surface area contributed by atoms with Gasteiger partial charge in [-0.25, -0.2) is 8.78 Å². The maximum atomic E-state index is 13.1. The third kappa shape index (κ3) is 3.11. The van der Waals surface area contributed by atoms with Gasteiger partial charge in [-0.05, 0) is 42.7 Å². The quantitative estimate of drug-likeness (QED) is 0.625. The van der Waals surface area contributed by atoms with Gasteiger partial charge in [0.1, 0.15) is 0 Å². The molecule has 96 valence electrons. The number of rotatable bonds is 3. The van der Waals surface area contributed by atoms with Crippen molar-refractivity contribution in [3.63, 3.8) is 0 Å². The zero-order valence-corrected chi connectivity index (χ0v) is 12.7. The molecule has 0 spiro atoms. The smallest absolute Gasteiger partial charge is 0.159 e. The lowest BCUT2D eigenvalue weighted by atomic mass is 10.1. The van der Waals surface area contributed by atoms with E-state index in [9.17, 15) is 8.78 Å². The molecule has 0 fully saturated rings. The maximum absolute atomic E-state index is 13.1. The normalized spacial score (nSPS) is 12.7. The summed E-state index contributed by atoms with van der Waals surface area (Å²) in [7, 11) is 0. The van der Waals surface area contributed by atoms with Gasteiger partial charge in [0, 0.05) is 4.88 Å². The van der Waals surface area contributed by atoms with Gasteiger partial charge in [-0.1, -0.05) is 33.6 Å². The Hall–Kier alpha value is -0.450. The molecule has 1 atom stereocenters. The molecule has 0 bridgehead atoms. The van der Waals surface area contributed by atoms with Crippen molar-refractivity contribution in [2.24, 2.45) is 0 Å². The van der Waals surface area contributed by atoms with E-state index in [0.717, 1.165) is 26.4 Å². The van der Waals surface area contributed by atoms with Crippen molar-refractivity contribution in [1.29, 1.82) is 0 Å². The number of thiophene rings is 1. The topological polar surface area (TPSA) is 0 Å². The highest BCUT2D eigenvalue weighted by Gasteiger charge is 2.14. The number of hydrogen-bond donors (Lipinski definition) is 0. The molecule has 1 aromatic heterocycles. The fraction of sp³-hybridized carbons (Fsp3) is 0.231. The van der Waals surface area contributed by atoms with Crippen LogP contribution >= 0.6 is 38.9 Å². The Bertz CT molecular complexity index is 549. The fourth-order valence-electron chi connectivity index (χ4n) is 1.61. The molecule has 0 saturated carbocycles. The number of aryl methyl sites for hydroxylation is 1. The van der Waals surface area contributed by atoms with Gasteiger partial charge >= 0.3 is 0 Å². The summed E-state index contributed by atoms with van der Waals surface area (Å²) in [4.78, 5) is 1.14. The van der Waals surface area contributed by atoms with E-state index >= 15 is 0 Å². The lowest BCUT2D eigenvalue weighted by Gasteiger charge is -2.07. The van der Waals surface area contributed by atoms with E-state index in [2.05, 4.69) is 15.9 Å². The van der Waals surface area contributed by atoms with Crippen LogP contribution in [-0.4, -0.2) is 0 Å². The number of benzene rings is 1. The minimum Gasteiger partial charge on any atom is -0.204 e. The largest absolute Gasteiger partial charge is 0.204 e. The summed E-state index contributed by atoms with van der Waals surface area (Å²) < 4.78 is 26.7. The third-order valence-corrected chi connectivity index (χ3v) is 5.37. The highest BCUT2D eigenvalue weighted by molar-refractivity contribution is 9.09. The highest BCUT2D eigenvalue weighted by atomic mass is 79.9. The molecule has 0 nitrogen and oxygen atoms in total. The number of halogens is 4. The predicted molar refractivity (Wildman–Crippen MR) is 75.8 cm³/mol. The van der Waals surface area contributed by atoms with E-state index in [-0.39, 0.29) is 4.83 Å². The van der Waals surface area contributed by atoms with Gasteiger partial charge in [-0.2, -0.15) is 0 Å². The van der Waals surface area contributed by atoms with Crippen LogP contribution in [-0.2, 0) is 6.42 Å². The van der Waals surface area contributed by atoms with Crippen LogP contribution in [0.4, 0.5) is 8.78 Å². The first kappa shape index (κ1) is 14.0. The summed E-state index contributed by atoms with van der Waals surface area (Å²) in [5.41, 5.74) is 1.78.